The second-order valence-electron chi connectivity index (χ2n) is 4.04. The van der Waals surface area contributed by atoms with Crippen molar-refractivity contribution in [3.05, 3.63) is 0 Å². The molecule has 0 amide bonds. The van der Waals surface area contributed by atoms with Crippen LogP contribution in [0.15, 0.2) is 4.99 Å². The van der Waals surface area contributed by atoms with Crippen LogP contribution in [0.3, 0.4) is 0 Å². The Labute approximate surface area is 99.3 Å². The Morgan fingerprint density at radius 3 is 2.50 bits per heavy atom. The fraction of sp³-hybridized carbons (Fsp3) is 0.917. The monoisotopic (exact) mass is 229 g/mol. The summed E-state index contributed by atoms with van der Waals surface area (Å²) in [7, 11) is 0. The van der Waals surface area contributed by atoms with Crippen molar-refractivity contribution in [2.45, 2.75) is 51.9 Å². The molecule has 96 valence electrons. The molecule has 0 aromatic carbocycles. The standard InChI is InChI=1S/C12H27N3O/c1-2-3-4-5-6-7-9-14-12(13)15-10-8-11-16/h16H,2-11H2,1H3,(H3,13,14,15). The van der Waals surface area contributed by atoms with Crippen molar-refractivity contribution in [2.75, 3.05) is 19.7 Å². The summed E-state index contributed by atoms with van der Waals surface area (Å²) < 4.78 is 0. The van der Waals surface area contributed by atoms with E-state index in [0.29, 0.717) is 18.9 Å². The molecule has 4 N–H and O–H groups in total. The van der Waals surface area contributed by atoms with E-state index >= 15 is 0 Å². The van der Waals surface area contributed by atoms with Crippen molar-refractivity contribution in [2.24, 2.45) is 10.7 Å². The molecule has 0 radical (unpaired) electrons. The van der Waals surface area contributed by atoms with Gasteiger partial charge in [0.2, 0.25) is 0 Å². The van der Waals surface area contributed by atoms with Crippen LogP contribution in [0.1, 0.15) is 51.9 Å². The second kappa shape index (κ2) is 12.3. The van der Waals surface area contributed by atoms with Gasteiger partial charge in [-0.15, -0.1) is 0 Å². The zero-order chi connectivity index (χ0) is 12.1. The van der Waals surface area contributed by atoms with E-state index in [2.05, 4.69) is 17.2 Å². The highest BCUT2D eigenvalue weighted by Crippen LogP contribution is 2.03. The van der Waals surface area contributed by atoms with Gasteiger partial charge < -0.3 is 16.2 Å². The molecular formula is C12H27N3O. The average Bonchev–Trinajstić information content (AvgIpc) is 2.28. The Balaban J connectivity index is 3.20. The van der Waals surface area contributed by atoms with Gasteiger partial charge >= 0.3 is 0 Å². The lowest BCUT2D eigenvalue weighted by Gasteiger charge is -2.05. The third-order valence-electron chi connectivity index (χ3n) is 2.43. The van der Waals surface area contributed by atoms with E-state index in [-0.39, 0.29) is 6.61 Å². The van der Waals surface area contributed by atoms with Gasteiger partial charge in [-0.05, 0) is 12.8 Å². The van der Waals surface area contributed by atoms with E-state index < -0.39 is 0 Å². The van der Waals surface area contributed by atoms with E-state index in [1.165, 1.54) is 32.1 Å². The number of hydrogen-bond donors (Lipinski definition) is 3. The lowest BCUT2D eigenvalue weighted by molar-refractivity contribution is 0.291. The van der Waals surface area contributed by atoms with Gasteiger partial charge in [0.15, 0.2) is 5.96 Å². The molecule has 0 bridgehead atoms. The minimum atomic E-state index is 0.175. The molecule has 0 unspecified atom stereocenters. The first-order valence-electron chi connectivity index (χ1n) is 6.46. The van der Waals surface area contributed by atoms with Gasteiger partial charge in [0.05, 0.1) is 0 Å². The quantitative estimate of drug-likeness (QED) is 0.303. The van der Waals surface area contributed by atoms with Gasteiger partial charge in [-0.3, -0.25) is 4.99 Å². The van der Waals surface area contributed by atoms with Crippen LogP contribution >= 0.6 is 0 Å². The van der Waals surface area contributed by atoms with Gasteiger partial charge in [0.25, 0.3) is 0 Å². The highest BCUT2D eigenvalue weighted by Gasteiger charge is 1.92. The van der Waals surface area contributed by atoms with Crippen LogP contribution in [-0.2, 0) is 0 Å². The lowest BCUT2D eigenvalue weighted by atomic mass is 10.1. The van der Waals surface area contributed by atoms with Crippen molar-refractivity contribution < 1.29 is 5.11 Å². The molecule has 0 fully saturated rings. The molecule has 4 nitrogen and oxygen atoms in total. The molecule has 0 atom stereocenters. The Kier molecular flexibility index (Phi) is 11.7. The molecule has 0 aliphatic heterocycles. The average molecular weight is 229 g/mol. The number of nitrogens with one attached hydrogen (secondary N) is 1. The number of aliphatic imine (C=N–C) groups is 1. The van der Waals surface area contributed by atoms with Crippen LogP contribution in [-0.4, -0.2) is 30.8 Å². The van der Waals surface area contributed by atoms with Crippen molar-refractivity contribution in [3.63, 3.8) is 0 Å². The number of aliphatic hydroxyl groups excluding tert-OH is 1. The molecule has 16 heavy (non-hydrogen) atoms. The summed E-state index contributed by atoms with van der Waals surface area (Å²) in [6.07, 6.45) is 8.39. The molecule has 0 aliphatic carbocycles. The Morgan fingerprint density at radius 2 is 1.81 bits per heavy atom. The number of guanidine groups is 1. The summed E-state index contributed by atoms with van der Waals surface area (Å²) in [5.74, 6) is 0.502. The zero-order valence-corrected chi connectivity index (χ0v) is 10.5. The van der Waals surface area contributed by atoms with E-state index in [0.717, 1.165) is 13.0 Å². The number of unbranched alkanes of at least 4 members (excludes halogenated alkanes) is 5. The molecule has 0 saturated carbocycles. The van der Waals surface area contributed by atoms with Gasteiger partial charge in [0.1, 0.15) is 0 Å². The van der Waals surface area contributed by atoms with Crippen molar-refractivity contribution >= 4 is 5.96 Å². The summed E-state index contributed by atoms with van der Waals surface area (Å²) in [5, 5.41) is 11.6. The number of nitrogens with zero attached hydrogens (tertiary/aromatic N) is 1. The molecule has 0 saturated heterocycles. The maximum atomic E-state index is 8.57. The molecule has 0 aromatic heterocycles. The fourth-order valence-corrected chi connectivity index (χ4v) is 1.45. The number of rotatable bonds is 10. The molecule has 0 rings (SSSR count). The third kappa shape index (κ3) is 11.3. The van der Waals surface area contributed by atoms with Gasteiger partial charge in [-0.25, -0.2) is 0 Å². The van der Waals surface area contributed by atoms with Crippen molar-refractivity contribution in [3.8, 4) is 0 Å². The maximum Gasteiger partial charge on any atom is 0.188 e. The largest absolute Gasteiger partial charge is 0.396 e. The smallest absolute Gasteiger partial charge is 0.188 e. The first-order valence-corrected chi connectivity index (χ1v) is 6.46. The number of aliphatic hydroxyl groups is 1. The van der Waals surface area contributed by atoms with Crippen LogP contribution in [0.2, 0.25) is 0 Å². The van der Waals surface area contributed by atoms with E-state index in [1.807, 2.05) is 0 Å². The summed E-state index contributed by atoms with van der Waals surface area (Å²) in [5.41, 5.74) is 5.63. The minimum absolute atomic E-state index is 0.175. The normalized spacial score (nSPS) is 11.8. The maximum absolute atomic E-state index is 8.57. The first kappa shape index (κ1) is 15.2. The van der Waals surface area contributed by atoms with E-state index in [1.54, 1.807) is 0 Å². The number of hydrogen-bond acceptors (Lipinski definition) is 2. The Morgan fingerprint density at radius 1 is 1.12 bits per heavy atom. The lowest BCUT2D eigenvalue weighted by Crippen LogP contribution is -2.32. The van der Waals surface area contributed by atoms with Gasteiger partial charge in [-0.2, -0.15) is 0 Å². The van der Waals surface area contributed by atoms with Crippen LogP contribution in [0.25, 0.3) is 0 Å². The molecule has 0 spiro atoms. The predicted octanol–water partition coefficient (Wildman–Crippen LogP) is 1.63. The molecule has 0 aliphatic rings. The minimum Gasteiger partial charge on any atom is -0.396 e. The van der Waals surface area contributed by atoms with Crippen LogP contribution in [0, 0.1) is 0 Å². The van der Waals surface area contributed by atoms with Gasteiger partial charge in [0, 0.05) is 19.7 Å². The fourth-order valence-electron chi connectivity index (χ4n) is 1.45. The summed E-state index contributed by atoms with van der Waals surface area (Å²) in [4.78, 5) is 4.08. The number of nitrogens with two attached hydrogens (primary N) is 1. The summed E-state index contributed by atoms with van der Waals surface area (Å²) >= 11 is 0. The van der Waals surface area contributed by atoms with Gasteiger partial charge in [-0.1, -0.05) is 39.0 Å². The predicted molar refractivity (Wildman–Crippen MR) is 69.6 cm³/mol. The van der Waals surface area contributed by atoms with E-state index in [4.69, 9.17) is 10.8 Å². The SMILES string of the molecule is CCCCCCCCNC(N)=NCCCO. The van der Waals surface area contributed by atoms with Crippen LogP contribution < -0.4 is 11.1 Å². The summed E-state index contributed by atoms with van der Waals surface area (Å²) in [6.45, 7) is 3.91. The zero-order valence-electron chi connectivity index (χ0n) is 10.5. The third-order valence-corrected chi connectivity index (χ3v) is 2.43. The Bertz CT molecular complexity index is 172. The van der Waals surface area contributed by atoms with E-state index in [9.17, 15) is 0 Å². The molecule has 0 heterocycles. The summed E-state index contributed by atoms with van der Waals surface area (Å²) in [6, 6.07) is 0. The Hall–Kier alpha value is -0.770. The molecule has 0 aromatic rings. The first-order chi connectivity index (χ1) is 7.81. The highest BCUT2D eigenvalue weighted by molar-refractivity contribution is 5.77. The molecular weight excluding hydrogens is 202 g/mol. The molecule has 4 heteroatoms. The van der Waals surface area contributed by atoms with Crippen LogP contribution in [0.5, 0.6) is 0 Å². The van der Waals surface area contributed by atoms with Crippen molar-refractivity contribution in [1.29, 1.82) is 0 Å². The van der Waals surface area contributed by atoms with Crippen molar-refractivity contribution in [1.82, 2.24) is 5.32 Å². The van der Waals surface area contributed by atoms with Crippen LogP contribution in [0.4, 0.5) is 0 Å². The highest BCUT2D eigenvalue weighted by atomic mass is 16.3. The second-order valence-corrected chi connectivity index (χ2v) is 4.04. The topological polar surface area (TPSA) is 70.6 Å².